The smallest absolute Gasteiger partial charge is 0.0640 e. The molecule has 0 amide bonds. The average molecular weight is 634 g/mol. The topological polar surface area (TPSA) is 3.24 Å². The van der Waals surface area contributed by atoms with Crippen LogP contribution in [0.25, 0.3) is 53.2 Å². The minimum Gasteiger partial charge on any atom is -0.308 e. The third-order valence-electron chi connectivity index (χ3n) is 11.3. The summed E-state index contributed by atoms with van der Waals surface area (Å²) in [5, 5.41) is 5.24. The van der Waals surface area contributed by atoms with Crippen LogP contribution in [0.1, 0.15) is 49.9 Å². The Balaban J connectivity index is 1.35. The molecule has 230 valence electrons. The van der Waals surface area contributed by atoms with Crippen molar-refractivity contribution < 1.29 is 0 Å². The molecule has 0 saturated heterocycles. The number of rotatable bonds is 3. The lowest BCUT2D eigenvalue weighted by Gasteiger charge is -2.31. The van der Waals surface area contributed by atoms with E-state index >= 15 is 0 Å². The van der Waals surface area contributed by atoms with Gasteiger partial charge in [-0.2, -0.15) is 0 Å². The summed E-state index contributed by atoms with van der Waals surface area (Å²) in [6.45, 7) is 9.51. The molecule has 1 heterocycles. The number of fused-ring (bicyclic) bond motifs is 11. The van der Waals surface area contributed by atoms with Gasteiger partial charge in [-0.15, -0.1) is 11.3 Å². The van der Waals surface area contributed by atoms with E-state index in [1.54, 1.807) is 0 Å². The van der Waals surface area contributed by atoms with Crippen LogP contribution >= 0.6 is 11.3 Å². The Hall–Kier alpha value is -5.18. The third kappa shape index (κ3) is 3.56. The van der Waals surface area contributed by atoms with E-state index in [2.05, 4.69) is 172 Å². The van der Waals surface area contributed by atoms with E-state index in [0.29, 0.717) is 0 Å². The molecule has 48 heavy (non-hydrogen) atoms. The first kappa shape index (κ1) is 27.9. The van der Waals surface area contributed by atoms with Crippen LogP contribution in [-0.2, 0) is 10.8 Å². The van der Waals surface area contributed by atoms with E-state index in [4.69, 9.17) is 0 Å². The fourth-order valence-corrected chi connectivity index (χ4v) is 10.3. The van der Waals surface area contributed by atoms with Crippen molar-refractivity contribution in [2.45, 2.75) is 38.5 Å². The van der Waals surface area contributed by atoms with Gasteiger partial charge in [-0.25, -0.2) is 0 Å². The average Bonchev–Trinajstić information content (AvgIpc) is 3.70. The Kier molecular flexibility index (Phi) is 5.63. The molecule has 2 aliphatic carbocycles. The van der Waals surface area contributed by atoms with Gasteiger partial charge in [-0.1, -0.05) is 149 Å². The molecule has 8 aromatic rings. The molecule has 0 atom stereocenters. The number of nitrogens with zero attached hydrogens (tertiary/aromatic N) is 1. The lowest BCUT2D eigenvalue weighted by molar-refractivity contribution is 0.660. The Bertz CT molecular complexity index is 2530. The van der Waals surface area contributed by atoms with Gasteiger partial charge in [0.05, 0.1) is 21.8 Å². The van der Waals surface area contributed by atoms with Crippen LogP contribution in [0.4, 0.5) is 17.1 Å². The molecule has 0 N–H and O–H groups in total. The number of hydrogen-bond donors (Lipinski definition) is 0. The number of thiophene rings is 1. The van der Waals surface area contributed by atoms with Gasteiger partial charge >= 0.3 is 0 Å². The maximum atomic E-state index is 2.61. The van der Waals surface area contributed by atoms with Gasteiger partial charge in [0, 0.05) is 37.4 Å². The molecule has 1 nitrogen and oxygen atoms in total. The summed E-state index contributed by atoms with van der Waals surface area (Å²) in [7, 11) is 0. The number of benzene rings is 7. The van der Waals surface area contributed by atoms with Gasteiger partial charge in [-0.05, 0) is 62.4 Å². The zero-order valence-electron chi connectivity index (χ0n) is 27.6. The van der Waals surface area contributed by atoms with E-state index in [1.807, 2.05) is 11.3 Å². The molecular weight excluding hydrogens is 599 g/mol. The summed E-state index contributed by atoms with van der Waals surface area (Å²) < 4.78 is 2.67. The van der Waals surface area contributed by atoms with Gasteiger partial charge in [0.25, 0.3) is 0 Å². The lowest BCUT2D eigenvalue weighted by Crippen LogP contribution is -2.17. The monoisotopic (exact) mass is 633 g/mol. The van der Waals surface area contributed by atoms with Gasteiger partial charge < -0.3 is 4.90 Å². The SMILES string of the molecule is CC1(C)c2ccccc2-c2c(N(c3cccc4c3-c3ccccc3C4(C)C)c3cccc4c3sc3c5ccccc5ccc43)cccc21. The Morgan fingerprint density at radius 1 is 0.396 bits per heavy atom. The zero-order valence-corrected chi connectivity index (χ0v) is 28.5. The maximum Gasteiger partial charge on any atom is 0.0640 e. The second-order valence-electron chi connectivity index (χ2n) is 14.5. The first-order valence-electron chi connectivity index (χ1n) is 17.0. The molecule has 0 spiro atoms. The molecule has 0 saturated carbocycles. The molecule has 2 aliphatic rings. The van der Waals surface area contributed by atoms with Gasteiger partial charge in [-0.3, -0.25) is 0 Å². The molecule has 7 aromatic carbocycles. The van der Waals surface area contributed by atoms with E-state index in [-0.39, 0.29) is 10.8 Å². The molecule has 0 fully saturated rings. The number of anilines is 3. The standard InChI is InChI=1S/C46H35NS/c1-45(2)34-19-9-7-16-32(34)41-36(45)21-12-23-38(41)47(39-24-13-22-37-42(39)33-17-8-10-20-35(33)46(37,3)4)40-25-11-18-30-31-27-26-28-14-5-6-15-29(28)43(31)48-44(30)40/h5-27H,1-4H3. The molecule has 2 heteroatoms. The van der Waals surface area contributed by atoms with Crippen molar-refractivity contribution in [1.29, 1.82) is 0 Å². The predicted molar refractivity (Wildman–Crippen MR) is 207 cm³/mol. The van der Waals surface area contributed by atoms with Crippen LogP contribution in [0.5, 0.6) is 0 Å². The summed E-state index contributed by atoms with van der Waals surface area (Å²) in [5.74, 6) is 0. The highest BCUT2D eigenvalue weighted by Gasteiger charge is 2.41. The second kappa shape index (κ2) is 9.69. The second-order valence-corrected chi connectivity index (χ2v) is 15.5. The summed E-state index contributed by atoms with van der Waals surface area (Å²) in [6.07, 6.45) is 0. The van der Waals surface area contributed by atoms with Crippen LogP contribution in [-0.4, -0.2) is 0 Å². The van der Waals surface area contributed by atoms with E-state index < -0.39 is 0 Å². The molecule has 1 aromatic heterocycles. The van der Waals surface area contributed by atoms with Crippen molar-refractivity contribution in [2.75, 3.05) is 4.90 Å². The molecule has 10 rings (SSSR count). The number of hydrogen-bond acceptors (Lipinski definition) is 2. The van der Waals surface area contributed by atoms with Crippen molar-refractivity contribution in [3.8, 4) is 22.3 Å². The minimum absolute atomic E-state index is 0.0939. The first-order valence-corrected chi connectivity index (χ1v) is 17.8. The van der Waals surface area contributed by atoms with Crippen LogP contribution in [0.15, 0.2) is 140 Å². The van der Waals surface area contributed by atoms with Crippen LogP contribution in [0.3, 0.4) is 0 Å². The minimum atomic E-state index is -0.0939. The van der Waals surface area contributed by atoms with E-state index in [9.17, 15) is 0 Å². The van der Waals surface area contributed by atoms with Crippen molar-refractivity contribution in [3.05, 3.63) is 162 Å². The Labute approximate surface area is 285 Å². The van der Waals surface area contributed by atoms with E-state index in [0.717, 1.165) is 0 Å². The first-order chi connectivity index (χ1) is 23.4. The summed E-state index contributed by atoms with van der Waals surface area (Å²) >= 11 is 1.93. The normalized spacial score (nSPS) is 15.0. The van der Waals surface area contributed by atoms with Crippen molar-refractivity contribution in [1.82, 2.24) is 0 Å². The molecule has 0 unspecified atom stereocenters. The highest BCUT2D eigenvalue weighted by atomic mass is 32.1. The largest absolute Gasteiger partial charge is 0.308 e. The summed E-state index contributed by atoms with van der Waals surface area (Å²) in [4.78, 5) is 2.61. The highest BCUT2D eigenvalue weighted by Crippen LogP contribution is 2.59. The molecular formula is C46H35NS. The van der Waals surface area contributed by atoms with Crippen LogP contribution in [0, 0.1) is 0 Å². The van der Waals surface area contributed by atoms with Crippen LogP contribution in [0.2, 0.25) is 0 Å². The van der Waals surface area contributed by atoms with E-state index in [1.165, 1.54) is 92.5 Å². The maximum absolute atomic E-state index is 2.61. The van der Waals surface area contributed by atoms with Gasteiger partial charge in [0.15, 0.2) is 0 Å². The zero-order chi connectivity index (χ0) is 32.4. The summed E-state index contributed by atoms with van der Waals surface area (Å²) in [6, 6.07) is 52.3. The fourth-order valence-electron chi connectivity index (χ4n) is 8.92. The van der Waals surface area contributed by atoms with Crippen LogP contribution < -0.4 is 4.90 Å². The fraction of sp³-hybridized carbons (Fsp3) is 0.130. The van der Waals surface area contributed by atoms with Crippen molar-refractivity contribution in [2.24, 2.45) is 0 Å². The van der Waals surface area contributed by atoms with Gasteiger partial charge in [0.2, 0.25) is 0 Å². The molecule has 0 aliphatic heterocycles. The van der Waals surface area contributed by atoms with Gasteiger partial charge in [0.1, 0.15) is 0 Å². The summed E-state index contributed by atoms with van der Waals surface area (Å²) in [5.41, 5.74) is 14.4. The van der Waals surface area contributed by atoms with Crippen molar-refractivity contribution in [3.63, 3.8) is 0 Å². The molecule has 0 radical (unpaired) electrons. The quantitative estimate of drug-likeness (QED) is 0.187. The Morgan fingerprint density at radius 3 is 1.52 bits per heavy atom. The Morgan fingerprint density at radius 2 is 0.875 bits per heavy atom. The lowest BCUT2D eigenvalue weighted by atomic mass is 9.82. The van der Waals surface area contributed by atoms with Crippen molar-refractivity contribution >= 4 is 59.3 Å². The third-order valence-corrected chi connectivity index (χ3v) is 12.5. The molecule has 0 bridgehead atoms. The predicted octanol–water partition coefficient (Wildman–Crippen LogP) is 13.3. The highest BCUT2D eigenvalue weighted by molar-refractivity contribution is 7.27.